The predicted octanol–water partition coefficient (Wildman–Crippen LogP) is 0.830. The van der Waals surface area contributed by atoms with Crippen LogP contribution in [0.1, 0.15) is 28.8 Å². The molecule has 16 heavy (non-hydrogen) atoms. The van der Waals surface area contributed by atoms with Crippen LogP contribution in [0.25, 0.3) is 0 Å². The second-order valence-electron chi connectivity index (χ2n) is 4.32. The molecule has 0 atom stereocenters. The molecule has 0 unspecified atom stereocenters. The predicted molar refractivity (Wildman–Crippen MR) is 62.1 cm³/mol. The molecule has 0 aromatic heterocycles. The highest BCUT2D eigenvalue weighted by Crippen LogP contribution is 2.21. The van der Waals surface area contributed by atoms with Crippen LogP contribution in [-0.2, 0) is 0 Å². The summed E-state index contributed by atoms with van der Waals surface area (Å²) in [5.41, 5.74) is 7.78. The fraction of sp³-hybridized carbons (Fsp3) is 0.417. The van der Waals surface area contributed by atoms with Crippen molar-refractivity contribution in [3.05, 3.63) is 29.3 Å². The van der Waals surface area contributed by atoms with Crippen LogP contribution < -0.4 is 11.1 Å². The van der Waals surface area contributed by atoms with Gasteiger partial charge in [0.15, 0.2) is 0 Å². The molecule has 1 aromatic carbocycles. The molecule has 0 aliphatic heterocycles. The largest absolute Gasteiger partial charge is 0.398 e. The third-order valence-electron chi connectivity index (χ3n) is 3.07. The van der Waals surface area contributed by atoms with Crippen LogP contribution in [0.5, 0.6) is 0 Å². The molecule has 1 aliphatic carbocycles. The number of hydrogen-bond acceptors (Lipinski definition) is 3. The number of carbonyl (C=O) groups excluding carboxylic acids is 1. The van der Waals surface area contributed by atoms with Gasteiger partial charge in [0.1, 0.15) is 0 Å². The summed E-state index contributed by atoms with van der Waals surface area (Å²) in [5.74, 6) is -0.110. The van der Waals surface area contributed by atoms with Gasteiger partial charge in [-0.1, -0.05) is 6.07 Å². The van der Waals surface area contributed by atoms with E-state index in [-0.39, 0.29) is 18.1 Å². The average Bonchev–Trinajstić information content (AvgIpc) is 2.19. The van der Waals surface area contributed by atoms with Gasteiger partial charge in [0.2, 0.25) is 0 Å². The summed E-state index contributed by atoms with van der Waals surface area (Å²) in [6.45, 7) is 1.83. The fourth-order valence-electron chi connectivity index (χ4n) is 1.87. The van der Waals surface area contributed by atoms with Crippen LogP contribution in [-0.4, -0.2) is 23.2 Å². The SMILES string of the molecule is Cc1c(N)cccc1C(=O)NC1CC(O)C1. The van der Waals surface area contributed by atoms with Crippen molar-refractivity contribution in [2.75, 3.05) is 5.73 Å². The van der Waals surface area contributed by atoms with Gasteiger partial charge in [-0.3, -0.25) is 4.79 Å². The lowest BCUT2D eigenvalue weighted by molar-refractivity contribution is 0.0562. The number of aliphatic hydroxyl groups excluding tert-OH is 1. The van der Waals surface area contributed by atoms with Crippen LogP contribution in [0.15, 0.2) is 18.2 Å². The standard InChI is InChI=1S/C12H16N2O2/c1-7-10(3-2-4-11(7)13)12(16)14-8-5-9(15)6-8/h2-4,8-9,15H,5-6,13H2,1H3,(H,14,16). The van der Waals surface area contributed by atoms with Crippen LogP contribution in [0, 0.1) is 6.92 Å². The van der Waals surface area contributed by atoms with Gasteiger partial charge in [-0.25, -0.2) is 0 Å². The monoisotopic (exact) mass is 220 g/mol. The molecule has 4 N–H and O–H groups in total. The molecule has 1 amide bonds. The van der Waals surface area contributed by atoms with Crippen LogP contribution in [0.3, 0.4) is 0 Å². The van der Waals surface area contributed by atoms with Gasteiger partial charge in [-0.05, 0) is 37.5 Å². The molecule has 0 heterocycles. The van der Waals surface area contributed by atoms with E-state index in [4.69, 9.17) is 10.8 Å². The van der Waals surface area contributed by atoms with Crippen molar-refractivity contribution in [3.63, 3.8) is 0 Å². The third kappa shape index (κ3) is 2.02. The number of nitrogens with two attached hydrogens (primary N) is 1. The molecular weight excluding hydrogens is 204 g/mol. The minimum atomic E-state index is -0.257. The lowest BCUT2D eigenvalue weighted by Gasteiger charge is -2.32. The van der Waals surface area contributed by atoms with Crippen LogP contribution >= 0.6 is 0 Å². The Bertz CT molecular complexity index is 411. The first-order valence-electron chi connectivity index (χ1n) is 5.42. The molecular formula is C12H16N2O2. The van der Waals surface area contributed by atoms with Gasteiger partial charge in [-0.15, -0.1) is 0 Å². The molecule has 86 valence electrons. The van der Waals surface area contributed by atoms with E-state index < -0.39 is 0 Å². The third-order valence-corrected chi connectivity index (χ3v) is 3.07. The van der Waals surface area contributed by atoms with Crippen LogP contribution in [0.2, 0.25) is 0 Å². The molecule has 1 aliphatic rings. The molecule has 0 bridgehead atoms. The summed E-state index contributed by atoms with van der Waals surface area (Å²) in [6.07, 6.45) is 1.03. The van der Waals surface area contributed by atoms with Gasteiger partial charge in [-0.2, -0.15) is 0 Å². The van der Waals surface area contributed by atoms with Crippen molar-refractivity contribution in [1.29, 1.82) is 0 Å². The van der Waals surface area contributed by atoms with Crippen molar-refractivity contribution in [2.45, 2.75) is 31.9 Å². The summed E-state index contributed by atoms with van der Waals surface area (Å²) >= 11 is 0. The normalized spacial score (nSPS) is 23.6. The molecule has 4 heteroatoms. The molecule has 0 radical (unpaired) electrons. The maximum atomic E-state index is 11.9. The fourth-order valence-corrected chi connectivity index (χ4v) is 1.87. The summed E-state index contributed by atoms with van der Waals surface area (Å²) < 4.78 is 0. The van der Waals surface area contributed by atoms with E-state index in [1.165, 1.54) is 0 Å². The molecule has 4 nitrogen and oxygen atoms in total. The summed E-state index contributed by atoms with van der Waals surface area (Å²) in [5, 5.41) is 12.0. The number of anilines is 1. The molecule has 1 fully saturated rings. The van der Waals surface area contributed by atoms with Crippen LogP contribution in [0.4, 0.5) is 5.69 Å². The second kappa shape index (κ2) is 4.14. The number of carbonyl (C=O) groups is 1. The minimum absolute atomic E-state index is 0.100. The minimum Gasteiger partial charge on any atom is -0.398 e. The van der Waals surface area contributed by atoms with Gasteiger partial charge in [0, 0.05) is 17.3 Å². The molecule has 0 saturated heterocycles. The highest BCUT2D eigenvalue weighted by atomic mass is 16.3. The summed E-state index contributed by atoms with van der Waals surface area (Å²) in [4.78, 5) is 11.9. The number of amides is 1. The summed E-state index contributed by atoms with van der Waals surface area (Å²) in [7, 11) is 0. The highest BCUT2D eigenvalue weighted by molar-refractivity contribution is 5.97. The van der Waals surface area contributed by atoms with Crippen molar-refractivity contribution in [3.8, 4) is 0 Å². The van der Waals surface area contributed by atoms with E-state index in [2.05, 4.69) is 5.32 Å². The number of nitrogens with one attached hydrogen (secondary N) is 1. The van der Waals surface area contributed by atoms with Gasteiger partial charge in [0.05, 0.1) is 6.10 Å². The molecule has 0 spiro atoms. The first-order valence-corrected chi connectivity index (χ1v) is 5.42. The van der Waals surface area contributed by atoms with E-state index >= 15 is 0 Å². The van der Waals surface area contributed by atoms with Crippen molar-refractivity contribution in [2.24, 2.45) is 0 Å². The quantitative estimate of drug-likeness (QED) is 0.646. The molecule has 1 aromatic rings. The maximum absolute atomic E-state index is 11.9. The van der Waals surface area contributed by atoms with E-state index in [9.17, 15) is 4.79 Å². The Balaban J connectivity index is 2.06. The first-order chi connectivity index (χ1) is 7.58. The van der Waals surface area contributed by atoms with Crippen molar-refractivity contribution in [1.82, 2.24) is 5.32 Å². The topological polar surface area (TPSA) is 75.4 Å². The van der Waals surface area contributed by atoms with Gasteiger partial charge < -0.3 is 16.2 Å². The highest BCUT2D eigenvalue weighted by Gasteiger charge is 2.28. The van der Waals surface area contributed by atoms with Gasteiger partial charge >= 0.3 is 0 Å². The number of nitrogen functional groups attached to an aromatic ring is 1. The van der Waals surface area contributed by atoms with Crippen molar-refractivity contribution < 1.29 is 9.90 Å². The zero-order chi connectivity index (χ0) is 11.7. The Kier molecular flexibility index (Phi) is 2.83. The van der Waals surface area contributed by atoms with Crippen molar-refractivity contribution >= 4 is 11.6 Å². The van der Waals surface area contributed by atoms with E-state index in [1.807, 2.05) is 6.92 Å². The van der Waals surface area contributed by atoms with E-state index in [1.54, 1.807) is 18.2 Å². The lowest BCUT2D eigenvalue weighted by atomic mass is 9.89. The molecule has 2 rings (SSSR count). The lowest BCUT2D eigenvalue weighted by Crippen LogP contribution is -2.46. The molecule has 1 saturated carbocycles. The maximum Gasteiger partial charge on any atom is 0.251 e. The Labute approximate surface area is 94.5 Å². The Morgan fingerprint density at radius 3 is 2.81 bits per heavy atom. The van der Waals surface area contributed by atoms with E-state index in [0.717, 1.165) is 5.56 Å². The smallest absolute Gasteiger partial charge is 0.251 e. The number of rotatable bonds is 2. The zero-order valence-corrected chi connectivity index (χ0v) is 9.23. The van der Waals surface area contributed by atoms with Gasteiger partial charge in [0.25, 0.3) is 5.91 Å². The Morgan fingerprint density at radius 1 is 1.50 bits per heavy atom. The number of aliphatic hydroxyl groups is 1. The zero-order valence-electron chi connectivity index (χ0n) is 9.23. The summed E-state index contributed by atoms with van der Waals surface area (Å²) in [6, 6.07) is 5.41. The van der Waals surface area contributed by atoms with E-state index in [0.29, 0.717) is 24.1 Å². The number of benzene rings is 1. The first kappa shape index (κ1) is 11.0. The second-order valence-corrected chi connectivity index (χ2v) is 4.32. The Hall–Kier alpha value is -1.55. The average molecular weight is 220 g/mol. The number of hydrogen-bond donors (Lipinski definition) is 3. The Morgan fingerprint density at radius 2 is 2.19 bits per heavy atom.